The molecule has 1 saturated heterocycles. The van der Waals surface area contributed by atoms with E-state index < -0.39 is 0 Å². The Morgan fingerprint density at radius 3 is 2.38 bits per heavy atom. The van der Waals surface area contributed by atoms with Gasteiger partial charge in [-0.1, -0.05) is 60.7 Å². The number of carbonyl (C=O) groups is 2. The Bertz CT molecular complexity index is 812. The lowest BCUT2D eigenvalue weighted by Crippen LogP contribution is -2.37. The highest BCUT2D eigenvalue weighted by molar-refractivity contribution is 6.11. The summed E-state index contributed by atoms with van der Waals surface area (Å²) in [4.78, 5) is 27.4. The fourth-order valence-corrected chi connectivity index (χ4v) is 3.52. The molecule has 1 atom stereocenters. The van der Waals surface area contributed by atoms with Crippen LogP contribution in [0.15, 0.2) is 72.1 Å². The van der Waals surface area contributed by atoms with Gasteiger partial charge in [0, 0.05) is 36.6 Å². The fraction of sp³-hybridized carbons (Fsp3) is 0.200. The molecule has 0 aliphatic carbocycles. The smallest absolute Gasteiger partial charge is 0.229 e. The van der Waals surface area contributed by atoms with Crippen molar-refractivity contribution in [3.63, 3.8) is 0 Å². The summed E-state index contributed by atoms with van der Waals surface area (Å²) in [7, 11) is 0. The van der Waals surface area contributed by atoms with Crippen molar-refractivity contribution in [2.45, 2.75) is 12.3 Å². The number of carbonyl (C=O) groups excluding carboxylic acids is 2. The molecule has 1 N–H and O–H groups in total. The minimum atomic E-state index is -0.205. The Kier molecular flexibility index (Phi) is 3.65. The SMILES string of the molecule is O=C(C1=C2NCCN2C(=O)CC1c1ccccc1)c1ccccc1. The molecular weight excluding hydrogens is 300 g/mol. The van der Waals surface area contributed by atoms with Crippen LogP contribution in [0.1, 0.15) is 28.3 Å². The summed E-state index contributed by atoms with van der Waals surface area (Å²) >= 11 is 0. The first-order valence-electron chi connectivity index (χ1n) is 8.19. The molecule has 0 bridgehead atoms. The third kappa shape index (κ3) is 2.40. The second-order valence-corrected chi connectivity index (χ2v) is 6.10. The third-order valence-electron chi connectivity index (χ3n) is 4.66. The van der Waals surface area contributed by atoms with Crippen LogP contribution in [-0.2, 0) is 4.79 Å². The van der Waals surface area contributed by atoms with Gasteiger partial charge >= 0.3 is 0 Å². The van der Waals surface area contributed by atoms with E-state index in [0.29, 0.717) is 36.5 Å². The van der Waals surface area contributed by atoms with Gasteiger partial charge in [0.2, 0.25) is 5.91 Å². The average Bonchev–Trinajstić information content (AvgIpc) is 3.13. The van der Waals surface area contributed by atoms with Crippen LogP contribution in [0.25, 0.3) is 0 Å². The number of rotatable bonds is 3. The first-order chi connectivity index (χ1) is 11.8. The van der Waals surface area contributed by atoms with E-state index >= 15 is 0 Å². The molecule has 120 valence electrons. The average molecular weight is 318 g/mol. The van der Waals surface area contributed by atoms with Crippen molar-refractivity contribution >= 4 is 11.7 Å². The van der Waals surface area contributed by atoms with Crippen LogP contribution in [0.4, 0.5) is 0 Å². The lowest BCUT2D eigenvalue weighted by molar-refractivity contribution is -0.129. The molecular formula is C20H18N2O2. The molecule has 2 aliphatic rings. The Hall–Kier alpha value is -2.88. The van der Waals surface area contributed by atoms with Gasteiger partial charge in [0.25, 0.3) is 0 Å². The number of Topliss-reactive ketones (excluding diaryl/α,β-unsaturated/α-hetero) is 1. The highest BCUT2D eigenvalue weighted by Crippen LogP contribution is 2.38. The quantitative estimate of drug-likeness (QED) is 0.885. The zero-order valence-corrected chi connectivity index (χ0v) is 13.2. The Balaban J connectivity index is 1.85. The molecule has 1 unspecified atom stereocenters. The van der Waals surface area contributed by atoms with Crippen molar-refractivity contribution in [1.29, 1.82) is 0 Å². The van der Waals surface area contributed by atoms with Crippen LogP contribution in [0.3, 0.4) is 0 Å². The number of hydrogen-bond acceptors (Lipinski definition) is 3. The first kappa shape index (κ1) is 14.7. The molecule has 0 radical (unpaired) electrons. The van der Waals surface area contributed by atoms with Crippen molar-refractivity contribution in [3.8, 4) is 0 Å². The van der Waals surface area contributed by atoms with E-state index in [4.69, 9.17) is 0 Å². The Morgan fingerprint density at radius 2 is 1.67 bits per heavy atom. The molecule has 24 heavy (non-hydrogen) atoms. The van der Waals surface area contributed by atoms with Crippen LogP contribution in [-0.4, -0.2) is 29.7 Å². The summed E-state index contributed by atoms with van der Waals surface area (Å²) in [5.74, 6) is 0.553. The molecule has 4 rings (SSSR count). The Labute approximate surface area is 140 Å². The van der Waals surface area contributed by atoms with Gasteiger partial charge in [0.05, 0.1) is 0 Å². The van der Waals surface area contributed by atoms with E-state index in [9.17, 15) is 9.59 Å². The maximum Gasteiger partial charge on any atom is 0.229 e. The lowest BCUT2D eigenvalue weighted by Gasteiger charge is -2.31. The van der Waals surface area contributed by atoms with Crippen LogP contribution < -0.4 is 5.32 Å². The largest absolute Gasteiger partial charge is 0.369 e. The number of nitrogens with one attached hydrogen (secondary N) is 1. The zero-order valence-electron chi connectivity index (χ0n) is 13.2. The predicted molar refractivity (Wildman–Crippen MR) is 91.3 cm³/mol. The first-order valence-corrected chi connectivity index (χ1v) is 8.19. The van der Waals surface area contributed by atoms with Crippen molar-refractivity contribution in [2.75, 3.05) is 13.1 Å². The minimum absolute atomic E-state index is 0.00801. The van der Waals surface area contributed by atoms with Crippen molar-refractivity contribution in [1.82, 2.24) is 10.2 Å². The van der Waals surface area contributed by atoms with E-state index in [2.05, 4.69) is 5.32 Å². The van der Waals surface area contributed by atoms with Gasteiger partial charge in [0.1, 0.15) is 5.82 Å². The summed E-state index contributed by atoms with van der Waals surface area (Å²) in [6, 6.07) is 19.1. The van der Waals surface area contributed by atoms with Crippen LogP contribution >= 0.6 is 0 Å². The minimum Gasteiger partial charge on any atom is -0.369 e. The van der Waals surface area contributed by atoms with Crippen LogP contribution in [0.2, 0.25) is 0 Å². The number of allylic oxidation sites excluding steroid dienone is 1. The van der Waals surface area contributed by atoms with Gasteiger partial charge in [-0.15, -0.1) is 0 Å². The van der Waals surface area contributed by atoms with Gasteiger partial charge in [-0.2, -0.15) is 0 Å². The molecule has 2 heterocycles. The van der Waals surface area contributed by atoms with Crippen LogP contribution in [0.5, 0.6) is 0 Å². The molecule has 4 heteroatoms. The van der Waals surface area contributed by atoms with Crippen molar-refractivity contribution < 1.29 is 9.59 Å². The number of nitrogens with zero attached hydrogens (tertiary/aromatic N) is 1. The normalized spacial score (nSPS) is 19.9. The van der Waals surface area contributed by atoms with E-state index in [1.807, 2.05) is 60.7 Å². The van der Waals surface area contributed by atoms with Gasteiger partial charge < -0.3 is 5.32 Å². The van der Waals surface area contributed by atoms with E-state index in [-0.39, 0.29) is 17.6 Å². The molecule has 2 aromatic carbocycles. The summed E-state index contributed by atoms with van der Waals surface area (Å²) in [5.41, 5.74) is 2.36. The number of benzene rings is 2. The number of ketones is 1. The third-order valence-corrected chi connectivity index (χ3v) is 4.66. The van der Waals surface area contributed by atoms with E-state index in [1.165, 1.54) is 0 Å². The van der Waals surface area contributed by atoms with Gasteiger partial charge in [0.15, 0.2) is 5.78 Å². The van der Waals surface area contributed by atoms with Crippen molar-refractivity contribution in [3.05, 3.63) is 83.2 Å². The maximum atomic E-state index is 13.2. The summed E-state index contributed by atoms with van der Waals surface area (Å²) < 4.78 is 0. The predicted octanol–water partition coefficient (Wildman–Crippen LogP) is 2.70. The molecule has 1 amide bonds. The molecule has 1 fully saturated rings. The van der Waals surface area contributed by atoms with Crippen LogP contribution in [0, 0.1) is 0 Å². The topological polar surface area (TPSA) is 49.4 Å². The van der Waals surface area contributed by atoms with E-state index in [1.54, 1.807) is 4.90 Å². The van der Waals surface area contributed by atoms with Gasteiger partial charge in [-0.25, -0.2) is 0 Å². The lowest BCUT2D eigenvalue weighted by atomic mass is 9.81. The number of amides is 1. The maximum absolute atomic E-state index is 13.2. The number of fused-ring (bicyclic) bond motifs is 1. The fourth-order valence-electron chi connectivity index (χ4n) is 3.52. The van der Waals surface area contributed by atoms with E-state index in [0.717, 1.165) is 5.56 Å². The second-order valence-electron chi connectivity index (χ2n) is 6.10. The highest BCUT2D eigenvalue weighted by atomic mass is 16.2. The number of hydrogen-bond donors (Lipinski definition) is 1. The van der Waals surface area contributed by atoms with Gasteiger partial charge in [-0.3, -0.25) is 14.5 Å². The molecule has 4 nitrogen and oxygen atoms in total. The molecule has 2 aromatic rings. The monoisotopic (exact) mass is 318 g/mol. The molecule has 0 saturated carbocycles. The summed E-state index contributed by atoms with van der Waals surface area (Å²) in [5, 5.41) is 3.25. The van der Waals surface area contributed by atoms with Gasteiger partial charge in [-0.05, 0) is 5.56 Å². The summed E-state index contributed by atoms with van der Waals surface area (Å²) in [6.45, 7) is 1.31. The second kappa shape index (κ2) is 5.96. The highest BCUT2D eigenvalue weighted by Gasteiger charge is 2.39. The molecule has 0 aromatic heterocycles. The Morgan fingerprint density at radius 1 is 1.00 bits per heavy atom. The standard InChI is InChI=1S/C20H18N2O2/c23-17-13-16(14-7-3-1-4-8-14)18(20-21-11-12-22(17)20)19(24)15-9-5-2-6-10-15/h1-10,16,21H,11-13H2. The molecule has 0 spiro atoms. The zero-order chi connectivity index (χ0) is 16.5. The summed E-state index contributed by atoms with van der Waals surface area (Å²) in [6.07, 6.45) is 0.336. The molecule has 2 aliphatic heterocycles. The van der Waals surface area contributed by atoms with Crippen molar-refractivity contribution in [2.24, 2.45) is 0 Å².